The number of rotatable bonds is 10. The Balaban J connectivity index is 3.35. The lowest BCUT2D eigenvalue weighted by Gasteiger charge is -2.14. The lowest BCUT2D eigenvalue weighted by molar-refractivity contribution is -0.145. The Bertz CT molecular complexity index is 190. The van der Waals surface area contributed by atoms with Gasteiger partial charge in [-0.15, -0.1) is 0 Å². The zero-order valence-electron chi connectivity index (χ0n) is 11.6. The van der Waals surface area contributed by atoms with Crippen molar-refractivity contribution in [3.8, 4) is 0 Å². The van der Waals surface area contributed by atoms with Crippen molar-refractivity contribution in [2.24, 2.45) is 5.92 Å². The molecule has 0 amide bonds. The molecule has 0 radical (unpaired) electrons. The molecule has 0 aromatic rings. The zero-order valence-corrected chi connectivity index (χ0v) is 11.6. The first-order valence-electron chi connectivity index (χ1n) is 6.91. The number of aliphatic hydroxyl groups excluding tert-OH is 1. The number of aliphatic hydroxyl groups is 1. The SMILES string of the molecule is CCCCCCCCC(=O)OCC(C)C(C)O. The number of carbonyl (C=O) groups is 1. The maximum Gasteiger partial charge on any atom is 0.305 e. The van der Waals surface area contributed by atoms with Crippen molar-refractivity contribution in [3.05, 3.63) is 0 Å². The molecule has 0 saturated carbocycles. The van der Waals surface area contributed by atoms with Crippen molar-refractivity contribution >= 4 is 5.97 Å². The van der Waals surface area contributed by atoms with E-state index in [0.717, 1.165) is 12.8 Å². The monoisotopic (exact) mass is 244 g/mol. The van der Waals surface area contributed by atoms with E-state index in [4.69, 9.17) is 4.74 Å². The third-order valence-corrected chi connectivity index (χ3v) is 3.07. The van der Waals surface area contributed by atoms with E-state index in [1.807, 2.05) is 6.92 Å². The van der Waals surface area contributed by atoms with Crippen LogP contribution >= 0.6 is 0 Å². The number of hydrogen-bond acceptors (Lipinski definition) is 3. The average molecular weight is 244 g/mol. The van der Waals surface area contributed by atoms with E-state index in [0.29, 0.717) is 13.0 Å². The second kappa shape index (κ2) is 10.6. The van der Waals surface area contributed by atoms with Gasteiger partial charge < -0.3 is 9.84 Å². The van der Waals surface area contributed by atoms with E-state index >= 15 is 0 Å². The van der Waals surface area contributed by atoms with Gasteiger partial charge in [-0.05, 0) is 13.3 Å². The Kier molecular flexibility index (Phi) is 10.2. The van der Waals surface area contributed by atoms with Crippen LogP contribution in [0.5, 0.6) is 0 Å². The van der Waals surface area contributed by atoms with E-state index in [1.54, 1.807) is 6.92 Å². The minimum atomic E-state index is -0.420. The minimum Gasteiger partial charge on any atom is -0.465 e. The maximum absolute atomic E-state index is 11.4. The summed E-state index contributed by atoms with van der Waals surface area (Å²) in [5.74, 6) is -0.114. The van der Waals surface area contributed by atoms with E-state index in [-0.39, 0.29) is 11.9 Å². The molecule has 3 heteroatoms. The van der Waals surface area contributed by atoms with E-state index < -0.39 is 6.10 Å². The van der Waals surface area contributed by atoms with E-state index in [1.165, 1.54) is 25.7 Å². The van der Waals surface area contributed by atoms with Crippen molar-refractivity contribution in [1.29, 1.82) is 0 Å². The number of carbonyl (C=O) groups excluding carboxylic acids is 1. The fourth-order valence-electron chi connectivity index (χ4n) is 1.49. The Morgan fingerprint density at radius 2 is 1.71 bits per heavy atom. The van der Waals surface area contributed by atoms with Crippen LogP contribution < -0.4 is 0 Å². The zero-order chi connectivity index (χ0) is 13.1. The molecular formula is C14H28O3. The van der Waals surface area contributed by atoms with Crippen LogP contribution in [-0.2, 0) is 9.53 Å². The summed E-state index contributed by atoms with van der Waals surface area (Å²) < 4.78 is 5.09. The standard InChI is InChI=1S/C14H28O3/c1-4-5-6-7-8-9-10-14(16)17-11-12(2)13(3)15/h12-13,15H,4-11H2,1-3H3. The third kappa shape index (κ3) is 10.3. The van der Waals surface area contributed by atoms with Gasteiger partial charge in [0.1, 0.15) is 0 Å². The number of unbranched alkanes of at least 4 members (excludes halogenated alkanes) is 5. The van der Waals surface area contributed by atoms with Gasteiger partial charge in [-0.25, -0.2) is 0 Å². The molecule has 3 nitrogen and oxygen atoms in total. The highest BCUT2D eigenvalue weighted by atomic mass is 16.5. The third-order valence-electron chi connectivity index (χ3n) is 3.07. The van der Waals surface area contributed by atoms with Gasteiger partial charge in [0.15, 0.2) is 0 Å². The lowest BCUT2D eigenvalue weighted by Crippen LogP contribution is -2.20. The van der Waals surface area contributed by atoms with Gasteiger partial charge in [0.25, 0.3) is 0 Å². The summed E-state index contributed by atoms with van der Waals surface area (Å²) in [4.78, 5) is 11.4. The van der Waals surface area contributed by atoms with Gasteiger partial charge in [0.05, 0.1) is 12.7 Å². The molecule has 0 spiro atoms. The molecule has 2 unspecified atom stereocenters. The molecule has 0 fully saturated rings. The van der Waals surface area contributed by atoms with Crippen LogP contribution in [0.3, 0.4) is 0 Å². The molecule has 2 atom stereocenters. The molecule has 0 aliphatic carbocycles. The molecule has 102 valence electrons. The Labute approximate surface area is 106 Å². The summed E-state index contributed by atoms with van der Waals surface area (Å²) in [6.07, 6.45) is 7.15. The van der Waals surface area contributed by atoms with Crippen molar-refractivity contribution < 1.29 is 14.6 Å². The summed E-state index contributed by atoms with van der Waals surface area (Å²) in [7, 11) is 0. The number of esters is 1. The summed E-state index contributed by atoms with van der Waals surface area (Å²) in [6.45, 7) is 6.11. The van der Waals surface area contributed by atoms with Crippen molar-refractivity contribution in [2.45, 2.75) is 71.8 Å². The summed E-state index contributed by atoms with van der Waals surface area (Å²) in [5.41, 5.74) is 0. The summed E-state index contributed by atoms with van der Waals surface area (Å²) in [5, 5.41) is 9.24. The predicted octanol–water partition coefficient (Wildman–Crippen LogP) is 3.30. The topological polar surface area (TPSA) is 46.5 Å². The molecule has 0 heterocycles. The molecule has 0 aromatic heterocycles. The fourth-order valence-corrected chi connectivity index (χ4v) is 1.49. The van der Waals surface area contributed by atoms with E-state index in [2.05, 4.69) is 6.92 Å². The van der Waals surface area contributed by atoms with Gasteiger partial charge >= 0.3 is 5.97 Å². The largest absolute Gasteiger partial charge is 0.465 e. The van der Waals surface area contributed by atoms with Crippen molar-refractivity contribution in [2.75, 3.05) is 6.61 Å². The average Bonchev–Trinajstić information content (AvgIpc) is 2.30. The minimum absolute atomic E-state index is 0.0171. The normalized spacial score (nSPS) is 14.4. The van der Waals surface area contributed by atoms with Crippen LogP contribution in [0, 0.1) is 5.92 Å². The number of ether oxygens (including phenoxy) is 1. The first kappa shape index (κ1) is 16.4. The second-order valence-corrected chi connectivity index (χ2v) is 4.92. The maximum atomic E-state index is 11.4. The molecule has 0 saturated heterocycles. The van der Waals surface area contributed by atoms with Gasteiger partial charge in [0, 0.05) is 12.3 Å². The quantitative estimate of drug-likeness (QED) is 0.474. The summed E-state index contributed by atoms with van der Waals surface area (Å²) in [6, 6.07) is 0. The first-order valence-corrected chi connectivity index (χ1v) is 6.91. The Morgan fingerprint density at radius 3 is 2.29 bits per heavy atom. The van der Waals surface area contributed by atoms with Crippen molar-refractivity contribution in [3.63, 3.8) is 0 Å². The highest BCUT2D eigenvalue weighted by molar-refractivity contribution is 5.69. The molecular weight excluding hydrogens is 216 g/mol. The Morgan fingerprint density at radius 1 is 1.12 bits per heavy atom. The van der Waals surface area contributed by atoms with Gasteiger partial charge in [-0.2, -0.15) is 0 Å². The molecule has 0 bridgehead atoms. The van der Waals surface area contributed by atoms with Crippen molar-refractivity contribution in [1.82, 2.24) is 0 Å². The van der Waals surface area contributed by atoms with Gasteiger partial charge in [-0.3, -0.25) is 4.79 Å². The highest BCUT2D eigenvalue weighted by Crippen LogP contribution is 2.08. The molecule has 0 aromatic carbocycles. The van der Waals surface area contributed by atoms with Crippen LogP contribution in [0.4, 0.5) is 0 Å². The van der Waals surface area contributed by atoms with Gasteiger partial charge in [0.2, 0.25) is 0 Å². The van der Waals surface area contributed by atoms with Crippen LogP contribution in [0.25, 0.3) is 0 Å². The number of hydrogen-bond donors (Lipinski definition) is 1. The molecule has 1 N–H and O–H groups in total. The lowest BCUT2D eigenvalue weighted by atomic mass is 10.1. The van der Waals surface area contributed by atoms with Crippen LogP contribution in [0.2, 0.25) is 0 Å². The molecule has 17 heavy (non-hydrogen) atoms. The van der Waals surface area contributed by atoms with Gasteiger partial charge in [-0.1, -0.05) is 46.0 Å². The van der Waals surface area contributed by atoms with Crippen LogP contribution in [0.1, 0.15) is 65.7 Å². The van der Waals surface area contributed by atoms with Crippen LogP contribution in [0.15, 0.2) is 0 Å². The first-order chi connectivity index (χ1) is 8.07. The van der Waals surface area contributed by atoms with Crippen LogP contribution in [-0.4, -0.2) is 23.8 Å². The molecule has 0 rings (SSSR count). The summed E-state index contributed by atoms with van der Waals surface area (Å²) >= 11 is 0. The molecule has 0 aliphatic heterocycles. The van der Waals surface area contributed by atoms with E-state index in [9.17, 15) is 9.90 Å². The second-order valence-electron chi connectivity index (χ2n) is 4.92. The fraction of sp³-hybridized carbons (Fsp3) is 0.929. The smallest absolute Gasteiger partial charge is 0.305 e. The highest BCUT2D eigenvalue weighted by Gasteiger charge is 2.11. The Hall–Kier alpha value is -0.570. The molecule has 0 aliphatic rings. The predicted molar refractivity (Wildman–Crippen MR) is 69.8 cm³/mol.